The lowest BCUT2D eigenvalue weighted by molar-refractivity contribution is -0.0922. The van der Waals surface area contributed by atoms with Crippen LogP contribution in [0.1, 0.15) is 20.3 Å². The molecule has 2 heterocycles. The van der Waals surface area contributed by atoms with Crippen molar-refractivity contribution >= 4 is 28.2 Å². The first-order valence-electron chi connectivity index (χ1n) is 7.50. The van der Waals surface area contributed by atoms with Crippen molar-refractivity contribution in [3.63, 3.8) is 0 Å². The number of anilines is 1. The summed E-state index contributed by atoms with van der Waals surface area (Å²) >= 11 is 6.27. The number of halogens is 1. The van der Waals surface area contributed by atoms with E-state index in [0.717, 1.165) is 34.6 Å². The van der Waals surface area contributed by atoms with Gasteiger partial charge in [0.25, 0.3) is 0 Å². The van der Waals surface area contributed by atoms with Gasteiger partial charge in [0.1, 0.15) is 0 Å². The summed E-state index contributed by atoms with van der Waals surface area (Å²) < 4.78 is 5.86. The molecule has 1 saturated carbocycles. The highest BCUT2D eigenvalue weighted by Gasteiger charge is 2.59. The molecule has 0 bridgehead atoms. The van der Waals surface area contributed by atoms with Gasteiger partial charge in [-0.2, -0.15) is 0 Å². The highest BCUT2D eigenvalue weighted by Crippen LogP contribution is 2.53. The summed E-state index contributed by atoms with van der Waals surface area (Å²) in [5.74, 6) is 0.606. The van der Waals surface area contributed by atoms with Gasteiger partial charge in [-0.3, -0.25) is 4.98 Å². The van der Waals surface area contributed by atoms with E-state index in [2.05, 4.69) is 24.1 Å². The van der Waals surface area contributed by atoms with Crippen LogP contribution in [0.4, 0.5) is 5.69 Å². The number of benzene rings is 1. The summed E-state index contributed by atoms with van der Waals surface area (Å²) in [7, 11) is 0. The van der Waals surface area contributed by atoms with Gasteiger partial charge >= 0.3 is 0 Å². The fraction of sp³-hybridized carbons (Fsp3) is 0.471. The van der Waals surface area contributed by atoms with Gasteiger partial charge in [-0.25, -0.2) is 0 Å². The molecule has 2 aromatic rings. The number of hydrogen-bond donors (Lipinski definition) is 1. The predicted molar refractivity (Wildman–Crippen MR) is 85.8 cm³/mol. The Labute approximate surface area is 129 Å². The SMILES string of the molecule is CC1(C)C(Nc2ccc(Cl)c3cccnc23)C2CCOC21. The maximum atomic E-state index is 6.27. The number of nitrogens with one attached hydrogen (secondary N) is 1. The summed E-state index contributed by atoms with van der Waals surface area (Å²) in [4.78, 5) is 4.51. The van der Waals surface area contributed by atoms with Crippen LogP contribution in [0.3, 0.4) is 0 Å². The fourth-order valence-corrected chi connectivity index (χ4v) is 4.25. The van der Waals surface area contributed by atoms with Crippen LogP contribution in [0.5, 0.6) is 0 Å². The van der Waals surface area contributed by atoms with Gasteiger partial charge in [0.15, 0.2) is 0 Å². The number of hydrogen-bond acceptors (Lipinski definition) is 3. The van der Waals surface area contributed by atoms with E-state index in [0.29, 0.717) is 18.1 Å². The average Bonchev–Trinajstić information content (AvgIpc) is 2.94. The van der Waals surface area contributed by atoms with Crippen LogP contribution in [0.25, 0.3) is 10.9 Å². The highest BCUT2D eigenvalue weighted by atomic mass is 35.5. The van der Waals surface area contributed by atoms with Gasteiger partial charge in [0.2, 0.25) is 0 Å². The van der Waals surface area contributed by atoms with E-state index in [1.54, 1.807) is 0 Å². The molecule has 3 atom stereocenters. The molecule has 3 nitrogen and oxygen atoms in total. The normalized spacial score (nSPS) is 30.0. The van der Waals surface area contributed by atoms with Crippen LogP contribution in [-0.2, 0) is 4.74 Å². The molecule has 1 aliphatic carbocycles. The Balaban J connectivity index is 1.71. The predicted octanol–water partition coefficient (Wildman–Crippen LogP) is 4.11. The monoisotopic (exact) mass is 302 g/mol. The first-order valence-corrected chi connectivity index (χ1v) is 7.88. The molecule has 2 fully saturated rings. The number of aromatic nitrogens is 1. The highest BCUT2D eigenvalue weighted by molar-refractivity contribution is 6.35. The van der Waals surface area contributed by atoms with Crippen LogP contribution in [0.15, 0.2) is 30.5 Å². The minimum absolute atomic E-state index is 0.155. The van der Waals surface area contributed by atoms with Crippen molar-refractivity contribution in [3.05, 3.63) is 35.5 Å². The summed E-state index contributed by atoms with van der Waals surface area (Å²) in [6, 6.07) is 8.35. The summed E-state index contributed by atoms with van der Waals surface area (Å²) in [5, 5.41) is 5.46. The van der Waals surface area contributed by atoms with Crippen molar-refractivity contribution in [3.8, 4) is 0 Å². The Morgan fingerprint density at radius 3 is 3.05 bits per heavy atom. The zero-order valence-corrected chi connectivity index (χ0v) is 13.0. The number of ether oxygens (including phenoxy) is 1. The van der Waals surface area contributed by atoms with Crippen molar-refractivity contribution in [2.75, 3.05) is 11.9 Å². The van der Waals surface area contributed by atoms with Gasteiger partial charge < -0.3 is 10.1 Å². The number of nitrogens with zero attached hydrogens (tertiary/aromatic N) is 1. The van der Waals surface area contributed by atoms with E-state index >= 15 is 0 Å². The molecule has 3 unspecified atom stereocenters. The second-order valence-electron chi connectivity index (χ2n) is 6.68. The lowest BCUT2D eigenvalue weighted by Crippen LogP contribution is -2.63. The molecule has 1 aliphatic heterocycles. The Morgan fingerprint density at radius 1 is 1.33 bits per heavy atom. The third-order valence-corrected chi connectivity index (χ3v) is 5.46. The summed E-state index contributed by atoms with van der Waals surface area (Å²) in [6.45, 7) is 5.45. The summed E-state index contributed by atoms with van der Waals surface area (Å²) in [5.41, 5.74) is 2.17. The van der Waals surface area contributed by atoms with Crippen molar-refractivity contribution in [1.82, 2.24) is 4.98 Å². The summed E-state index contributed by atoms with van der Waals surface area (Å²) in [6.07, 6.45) is 3.35. The van der Waals surface area contributed by atoms with Gasteiger partial charge in [-0.15, -0.1) is 0 Å². The van der Waals surface area contributed by atoms with Crippen LogP contribution in [-0.4, -0.2) is 23.7 Å². The Morgan fingerprint density at radius 2 is 2.19 bits per heavy atom. The van der Waals surface area contributed by atoms with Gasteiger partial charge in [-0.05, 0) is 30.7 Å². The molecule has 0 spiro atoms. The Kier molecular flexibility index (Phi) is 2.92. The molecular weight excluding hydrogens is 284 g/mol. The van der Waals surface area contributed by atoms with Crippen LogP contribution in [0.2, 0.25) is 5.02 Å². The van der Waals surface area contributed by atoms with E-state index in [9.17, 15) is 0 Å². The molecule has 1 saturated heterocycles. The van der Waals surface area contributed by atoms with Crippen molar-refractivity contribution < 1.29 is 4.74 Å². The van der Waals surface area contributed by atoms with Crippen molar-refractivity contribution in [1.29, 1.82) is 0 Å². The molecule has 110 valence electrons. The van der Waals surface area contributed by atoms with Gasteiger partial charge in [0.05, 0.1) is 22.3 Å². The van der Waals surface area contributed by atoms with E-state index < -0.39 is 0 Å². The zero-order chi connectivity index (χ0) is 14.6. The lowest BCUT2D eigenvalue weighted by Gasteiger charge is -2.55. The van der Waals surface area contributed by atoms with Crippen LogP contribution >= 0.6 is 11.6 Å². The molecule has 4 rings (SSSR count). The number of fused-ring (bicyclic) bond motifs is 2. The molecule has 2 aliphatic rings. The first-order chi connectivity index (χ1) is 10.1. The lowest BCUT2D eigenvalue weighted by atomic mass is 9.57. The maximum Gasteiger partial charge on any atom is 0.0948 e. The molecule has 21 heavy (non-hydrogen) atoms. The minimum atomic E-state index is 0.155. The molecule has 0 radical (unpaired) electrons. The molecule has 0 amide bonds. The zero-order valence-electron chi connectivity index (χ0n) is 12.3. The Bertz CT molecular complexity index is 700. The number of pyridine rings is 1. The van der Waals surface area contributed by atoms with Crippen molar-refractivity contribution in [2.45, 2.75) is 32.4 Å². The second-order valence-corrected chi connectivity index (χ2v) is 7.09. The third kappa shape index (κ3) is 1.87. The van der Waals surface area contributed by atoms with E-state index in [-0.39, 0.29) is 5.41 Å². The molecule has 1 N–H and O–H groups in total. The minimum Gasteiger partial charge on any atom is -0.380 e. The van der Waals surface area contributed by atoms with Crippen LogP contribution < -0.4 is 5.32 Å². The largest absolute Gasteiger partial charge is 0.380 e. The Hall–Kier alpha value is -1.32. The smallest absolute Gasteiger partial charge is 0.0948 e. The van der Waals surface area contributed by atoms with E-state index in [1.165, 1.54) is 0 Å². The van der Waals surface area contributed by atoms with E-state index in [1.807, 2.05) is 30.5 Å². The first kappa shape index (κ1) is 13.4. The van der Waals surface area contributed by atoms with Gasteiger partial charge in [0, 0.05) is 35.6 Å². The standard InChI is InChI=1S/C17H19ClN2O/c1-17(2)15(11-7-9-21-16(11)17)20-13-6-5-12(18)10-4-3-8-19-14(10)13/h3-6,8,11,15-16,20H,7,9H2,1-2H3. The molecule has 1 aromatic heterocycles. The molecule has 4 heteroatoms. The fourth-order valence-electron chi connectivity index (χ4n) is 4.04. The van der Waals surface area contributed by atoms with Crippen molar-refractivity contribution in [2.24, 2.45) is 11.3 Å². The topological polar surface area (TPSA) is 34.2 Å². The number of rotatable bonds is 2. The molecular formula is C17H19ClN2O. The van der Waals surface area contributed by atoms with Crippen LogP contribution in [0, 0.1) is 11.3 Å². The average molecular weight is 303 g/mol. The van der Waals surface area contributed by atoms with Gasteiger partial charge in [-0.1, -0.05) is 25.4 Å². The maximum absolute atomic E-state index is 6.27. The third-order valence-electron chi connectivity index (χ3n) is 5.13. The quantitative estimate of drug-likeness (QED) is 0.906. The second kappa shape index (κ2) is 4.59. The van der Waals surface area contributed by atoms with E-state index in [4.69, 9.17) is 16.3 Å². The molecule has 1 aromatic carbocycles.